The van der Waals surface area contributed by atoms with Gasteiger partial charge >= 0.3 is 11.9 Å². The molecule has 0 aliphatic carbocycles. The van der Waals surface area contributed by atoms with Crippen molar-refractivity contribution in [1.29, 1.82) is 0 Å². The molecule has 0 atom stereocenters. The second kappa shape index (κ2) is 7.03. The molecule has 1 aromatic carbocycles. The number of nitrogens with zero attached hydrogens (tertiary/aromatic N) is 1. The number of ether oxygens (including phenoxy) is 2. The van der Waals surface area contributed by atoms with Gasteiger partial charge in [0.15, 0.2) is 0 Å². The first kappa shape index (κ1) is 19.5. The van der Waals surface area contributed by atoms with Crippen LogP contribution < -0.4 is 0 Å². The van der Waals surface area contributed by atoms with Gasteiger partial charge in [-0.05, 0) is 11.5 Å². The zero-order valence-electron chi connectivity index (χ0n) is 14.1. The Labute approximate surface area is 168 Å². The van der Waals surface area contributed by atoms with Gasteiger partial charge in [0.2, 0.25) is 5.78 Å². The lowest BCUT2D eigenvalue weighted by molar-refractivity contribution is 0.0549. The van der Waals surface area contributed by atoms with Gasteiger partial charge in [-0.1, -0.05) is 59.1 Å². The van der Waals surface area contributed by atoms with E-state index in [2.05, 4.69) is 0 Å². The summed E-state index contributed by atoms with van der Waals surface area (Å²) in [5, 5.41) is 1.34. The number of Topliss-reactive ketones (excluding diaryl/α,β-unsaturated/α-hetero) is 1. The second-order valence-electron chi connectivity index (χ2n) is 5.53. The third-order valence-corrected chi connectivity index (χ3v) is 4.59. The second-order valence-corrected chi connectivity index (χ2v) is 7.81. The first-order valence-corrected chi connectivity index (χ1v) is 8.69. The lowest BCUT2D eigenvalue weighted by atomic mass is 10.0. The molecule has 0 saturated carbocycles. The normalized spacial score (nSPS) is 11.6. The Balaban J connectivity index is 2.62. The molecule has 0 fully saturated rings. The molecule has 2 aromatic heterocycles. The quantitative estimate of drug-likeness (QED) is 0.355. The van der Waals surface area contributed by atoms with Crippen LogP contribution in [0.2, 0.25) is 0 Å². The van der Waals surface area contributed by atoms with Crippen molar-refractivity contribution in [3.63, 3.8) is 0 Å². The van der Waals surface area contributed by atoms with Crippen LogP contribution in [-0.4, -0.2) is 40.1 Å². The van der Waals surface area contributed by atoms with E-state index < -0.39 is 21.5 Å². The number of methoxy groups -OCH3 is 2. The summed E-state index contributed by atoms with van der Waals surface area (Å²) in [7, 11) is 2.27. The van der Waals surface area contributed by atoms with Crippen LogP contribution in [0.25, 0.3) is 16.3 Å². The van der Waals surface area contributed by atoms with Crippen LogP contribution in [0.4, 0.5) is 0 Å². The maximum absolute atomic E-state index is 12.9. The minimum atomic E-state index is -2.35. The van der Waals surface area contributed by atoms with E-state index in [1.807, 2.05) is 6.07 Å². The molecule has 27 heavy (non-hydrogen) atoms. The van der Waals surface area contributed by atoms with Crippen LogP contribution in [0.1, 0.15) is 31.2 Å². The van der Waals surface area contributed by atoms with Crippen molar-refractivity contribution in [2.75, 3.05) is 14.2 Å². The molecule has 140 valence electrons. The van der Waals surface area contributed by atoms with Crippen LogP contribution in [-0.2, 0) is 9.47 Å². The number of pyridine rings is 1. The first-order chi connectivity index (χ1) is 12.7. The molecule has 0 bridgehead atoms. The van der Waals surface area contributed by atoms with Crippen molar-refractivity contribution >= 4 is 68.8 Å². The van der Waals surface area contributed by atoms with E-state index >= 15 is 0 Å². The minimum Gasteiger partial charge on any atom is -0.465 e. The highest BCUT2D eigenvalue weighted by Gasteiger charge is 2.40. The fourth-order valence-electron chi connectivity index (χ4n) is 2.98. The summed E-state index contributed by atoms with van der Waals surface area (Å²) in [5.41, 5.74) is -0.496. The molecule has 2 heterocycles. The van der Waals surface area contributed by atoms with Gasteiger partial charge in [-0.25, -0.2) is 9.59 Å². The molecule has 9 heteroatoms. The first-order valence-electron chi connectivity index (χ1n) is 7.56. The predicted molar refractivity (Wildman–Crippen MR) is 102 cm³/mol. The number of hydrogen-bond donors (Lipinski definition) is 0. The minimum absolute atomic E-state index is 0.192. The third kappa shape index (κ3) is 3.14. The maximum atomic E-state index is 12.9. The summed E-state index contributed by atoms with van der Waals surface area (Å²) >= 11 is 17.4. The Hall–Kier alpha value is -2.28. The van der Waals surface area contributed by atoms with E-state index in [1.54, 1.807) is 24.3 Å². The zero-order valence-corrected chi connectivity index (χ0v) is 16.4. The number of alkyl halides is 3. The van der Waals surface area contributed by atoms with Gasteiger partial charge in [-0.3, -0.25) is 4.79 Å². The van der Waals surface area contributed by atoms with Gasteiger partial charge in [0.25, 0.3) is 3.79 Å². The van der Waals surface area contributed by atoms with Gasteiger partial charge in [0, 0.05) is 11.6 Å². The molecule has 0 aliphatic rings. The van der Waals surface area contributed by atoms with Crippen LogP contribution in [0.15, 0.2) is 36.5 Å². The molecule has 0 N–H and O–H groups in total. The summed E-state index contributed by atoms with van der Waals surface area (Å²) in [6, 6.07) is 8.80. The van der Waals surface area contributed by atoms with Gasteiger partial charge in [0.1, 0.15) is 11.3 Å². The van der Waals surface area contributed by atoms with E-state index in [0.29, 0.717) is 5.39 Å². The Morgan fingerprint density at radius 2 is 1.56 bits per heavy atom. The zero-order chi connectivity index (χ0) is 19.9. The molecular weight excluding hydrogens is 417 g/mol. The van der Waals surface area contributed by atoms with Gasteiger partial charge in [0.05, 0.1) is 25.3 Å². The maximum Gasteiger partial charge on any atom is 0.355 e. The number of fused-ring (bicyclic) bond motifs is 3. The molecule has 0 amide bonds. The van der Waals surface area contributed by atoms with Crippen LogP contribution in [0.3, 0.4) is 0 Å². The van der Waals surface area contributed by atoms with Crippen LogP contribution in [0.5, 0.6) is 0 Å². The highest BCUT2D eigenvalue weighted by Crippen LogP contribution is 2.38. The average molecular weight is 429 g/mol. The highest BCUT2D eigenvalue weighted by molar-refractivity contribution is 6.77. The summed E-state index contributed by atoms with van der Waals surface area (Å²) in [4.78, 5) is 37.8. The molecule has 0 unspecified atom stereocenters. The number of aromatic nitrogens is 1. The molecule has 3 aromatic rings. The Kier molecular flexibility index (Phi) is 5.08. The third-order valence-electron chi connectivity index (χ3n) is 4.08. The van der Waals surface area contributed by atoms with Gasteiger partial charge < -0.3 is 13.9 Å². The number of carbonyl (C=O) groups is 3. The number of halogens is 3. The Morgan fingerprint density at radius 3 is 2.15 bits per heavy atom. The summed E-state index contributed by atoms with van der Waals surface area (Å²) in [6.45, 7) is 0. The van der Waals surface area contributed by atoms with Crippen molar-refractivity contribution in [2.24, 2.45) is 0 Å². The number of ketones is 1. The van der Waals surface area contributed by atoms with Gasteiger partial charge in [-0.2, -0.15) is 0 Å². The summed E-state index contributed by atoms with van der Waals surface area (Å²) in [6.07, 6.45) is 1.53. The van der Waals surface area contributed by atoms with Crippen molar-refractivity contribution in [1.82, 2.24) is 4.40 Å². The molecule has 3 rings (SSSR count). The number of esters is 2. The Bertz CT molecular complexity index is 1100. The highest BCUT2D eigenvalue weighted by atomic mass is 35.6. The fourth-order valence-corrected chi connectivity index (χ4v) is 3.26. The molecular formula is C18H12Cl3NO5. The number of hydrogen-bond acceptors (Lipinski definition) is 5. The smallest absolute Gasteiger partial charge is 0.355 e. The van der Waals surface area contributed by atoms with Crippen LogP contribution in [0, 0.1) is 0 Å². The lowest BCUT2D eigenvalue weighted by Crippen LogP contribution is -2.22. The average Bonchev–Trinajstić information content (AvgIpc) is 3.00. The van der Waals surface area contributed by atoms with E-state index in [-0.39, 0.29) is 22.3 Å². The number of carbonyl (C=O) groups excluding carboxylic acids is 3. The van der Waals surface area contributed by atoms with Crippen molar-refractivity contribution < 1.29 is 23.9 Å². The van der Waals surface area contributed by atoms with Crippen LogP contribution >= 0.6 is 34.8 Å². The standard InChI is InChI=1S/C18H12Cl3NO5/c1-26-16(24)12-11(15(23)18(19,20)21)13-10-6-4-3-5-9(10)7-8-22(13)14(12)17(25)27-2/h3-8H,1-2H3. The van der Waals surface area contributed by atoms with Crippen molar-refractivity contribution in [2.45, 2.75) is 3.79 Å². The monoisotopic (exact) mass is 427 g/mol. The largest absolute Gasteiger partial charge is 0.465 e. The predicted octanol–water partition coefficient (Wildman–Crippen LogP) is 4.22. The van der Waals surface area contributed by atoms with Crippen molar-refractivity contribution in [3.8, 4) is 0 Å². The lowest BCUT2D eigenvalue weighted by Gasteiger charge is -2.11. The fraction of sp³-hybridized carbons (Fsp3) is 0.167. The molecule has 0 saturated heterocycles. The molecule has 0 radical (unpaired) electrons. The topological polar surface area (TPSA) is 74.1 Å². The van der Waals surface area contributed by atoms with E-state index in [9.17, 15) is 14.4 Å². The number of benzene rings is 1. The molecule has 0 aliphatic heterocycles. The van der Waals surface area contributed by atoms with E-state index in [1.165, 1.54) is 10.6 Å². The molecule has 0 spiro atoms. The summed E-state index contributed by atoms with van der Waals surface area (Å²) < 4.78 is 8.58. The molecule has 6 nitrogen and oxygen atoms in total. The van der Waals surface area contributed by atoms with E-state index in [0.717, 1.165) is 19.6 Å². The van der Waals surface area contributed by atoms with Gasteiger partial charge in [-0.15, -0.1) is 0 Å². The SMILES string of the molecule is COC(=O)c1c(C(=O)C(Cl)(Cl)Cl)c2c3ccccc3ccn2c1C(=O)OC. The van der Waals surface area contributed by atoms with E-state index in [4.69, 9.17) is 44.3 Å². The summed E-state index contributed by atoms with van der Waals surface area (Å²) in [5.74, 6) is -2.73. The Morgan fingerprint density at radius 1 is 0.926 bits per heavy atom. The van der Waals surface area contributed by atoms with Crippen molar-refractivity contribution in [3.05, 3.63) is 53.3 Å². The number of rotatable bonds is 3.